The van der Waals surface area contributed by atoms with Crippen LogP contribution in [0.4, 0.5) is 26.4 Å². The first-order valence-electron chi connectivity index (χ1n) is 8.47. The van der Waals surface area contributed by atoms with Gasteiger partial charge in [-0.25, -0.2) is 4.98 Å². The van der Waals surface area contributed by atoms with Crippen LogP contribution in [0, 0.1) is 0 Å². The number of pyridine rings is 2. The zero-order chi connectivity index (χ0) is 20.3. The van der Waals surface area contributed by atoms with Crippen molar-refractivity contribution in [2.45, 2.75) is 32.7 Å². The van der Waals surface area contributed by atoms with Crippen LogP contribution in [0.3, 0.4) is 0 Å². The standard InChI is InChI=1S/C18H18ClF2N7/c1-10(2)23-16-26-15(12-5-4-6-14(19)25-12)27-17(28-16)24-11-7-8-22-13(9-11)18(3,20)21/h4-10H,1-3H3,(H2,22,23,24,26,27,28). The van der Waals surface area contributed by atoms with Gasteiger partial charge in [-0.1, -0.05) is 17.7 Å². The Balaban J connectivity index is 1.99. The lowest BCUT2D eigenvalue weighted by Gasteiger charge is -2.13. The molecule has 0 radical (unpaired) electrons. The van der Waals surface area contributed by atoms with Crippen molar-refractivity contribution < 1.29 is 8.78 Å². The molecule has 0 unspecified atom stereocenters. The van der Waals surface area contributed by atoms with Gasteiger partial charge in [-0.3, -0.25) is 4.98 Å². The lowest BCUT2D eigenvalue weighted by Crippen LogP contribution is -2.15. The van der Waals surface area contributed by atoms with E-state index in [4.69, 9.17) is 11.6 Å². The second-order valence-corrected chi connectivity index (χ2v) is 6.78. The molecule has 0 amide bonds. The highest BCUT2D eigenvalue weighted by molar-refractivity contribution is 6.29. The van der Waals surface area contributed by atoms with E-state index >= 15 is 0 Å². The molecule has 0 aliphatic heterocycles. The maximum absolute atomic E-state index is 13.5. The third-order valence-corrected chi connectivity index (χ3v) is 3.67. The molecule has 0 aliphatic rings. The van der Waals surface area contributed by atoms with Gasteiger partial charge in [0.1, 0.15) is 16.5 Å². The van der Waals surface area contributed by atoms with Gasteiger partial charge in [0.2, 0.25) is 11.9 Å². The Morgan fingerprint density at radius 1 is 1.04 bits per heavy atom. The summed E-state index contributed by atoms with van der Waals surface area (Å²) < 4.78 is 27.1. The summed E-state index contributed by atoms with van der Waals surface area (Å²) in [5, 5.41) is 6.32. The molecule has 0 bridgehead atoms. The van der Waals surface area contributed by atoms with Gasteiger partial charge < -0.3 is 10.6 Å². The monoisotopic (exact) mass is 405 g/mol. The summed E-state index contributed by atoms with van der Waals surface area (Å²) in [6.07, 6.45) is 1.29. The molecule has 3 heterocycles. The quantitative estimate of drug-likeness (QED) is 0.576. The van der Waals surface area contributed by atoms with E-state index in [-0.39, 0.29) is 17.7 Å². The molecule has 3 aromatic heterocycles. The van der Waals surface area contributed by atoms with Crippen molar-refractivity contribution >= 4 is 29.2 Å². The molecule has 7 nitrogen and oxygen atoms in total. The highest BCUT2D eigenvalue weighted by Crippen LogP contribution is 2.27. The number of rotatable bonds is 6. The average molecular weight is 406 g/mol. The van der Waals surface area contributed by atoms with Gasteiger partial charge >= 0.3 is 0 Å². The molecule has 2 N–H and O–H groups in total. The number of hydrogen-bond acceptors (Lipinski definition) is 7. The van der Waals surface area contributed by atoms with Gasteiger partial charge in [-0.2, -0.15) is 23.7 Å². The number of nitrogens with one attached hydrogen (secondary N) is 2. The Bertz CT molecular complexity index is 976. The van der Waals surface area contributed by atoms with Crippen LogP contribution in [-0.2, 0) is 5.92 Å². The number of hydrogen-bond donors (Lipinski definition) is 2. The molecular formula is C18H18ClF2N7. The molecule has 0 fully saturated rings. The van der Waals surface area contributed by atoms with Crippen molar-refractivity contribution in [3.63, 3.8) is 0 Å². The Labute approximate surface area is 165 Å². The van der Waals surface area contributed by atoms with Crippen molar-refractivity contribution in [2.24, 2.45) is 0 Å². The third kappa shape index (κ3) is 5.07. The van der Waals surface area contributed by atoms with Crippen molar-refractivity contribution in [2.75, 3.05) is 10.6 Å². The van der Waals surface area contributed by atoms with E-state index in [9.17, 15) is 8.78 Å². The maximum atomic E-state index is 13.5. The second kappa shape index (κ2) is 7.97. The summed E-state index contributed by atoms with van der Waals surface area (Å²) in [6, 6.07) is 7.95. The van der Waals surface area contributed by atoms with Gasteiger partial charge in [-0.05, 0) is 38.1 Å². The zero-order valence-corrected chi connectivity index (χ0v) is 16.2. The topological polar surface area (TPSA) is 88.5 Å². The fourth-order valence-corrected chi connectivity index (χ4v) is 2.44. The minimum atomic E-state index is -3.06. The van der Waals surface area contributed by atoms with E-state index in [0.717, 1.165) is 6.92 Å². The highest BCUT2D eigenvalue weighted by atomic mass is 35.5. The van der Waals surface area contributed by atoms with Crippen LogP contribution in [0.25, 0.3) is 11.5 Å². The van der Waals surface area contributed by atoms with Crippen LogP contribution in [-0.4, -0.2) is 31.0 Å². The lowest BCUT2D eigenvalue weighted by atomic mass is 10.2. The summed E-state index contributed by atoms with van der Waals surface area (Å²) in [7, 11) is 0. The summed E-state index contributed by atoms with van der Waals surface area (Å²) in [5.41, 5.74) is 0.474. The molecule has 0 saturated carbocycles. The van der Waals surface area contributed by atoms with E-state index < -0.39 is 5.92 Å². The van der Waals surface area contributed by atoms with Crippen LogP contribution in [0.1, 0.15) is 26.5 Å². The first-order valence-corrected chi connectivity index (χ1v) is 8.85. The lowest BCUT2D eigenvalue weighted by molar-refractivity contribution is 0.0128. The molecule has 3 aromatic rings. The van der Waals surface area contributed by atoms with E-state index in [1.54, 1.807) is 24.3 Å². The van der Waals surface area contributed by atoms with Gasteiger partial charge in [0.25, 0.3) is 5.92 Å². The largest absolute Gasteiger partial charge is 0.352 e. The molecule has 0 saturated heterocycles. The van der Waals surface area contributed by atoms with Crippen LogP contribution in [0.2, 0.25) is 5.15 Å². The van der Waals surface area contributed by atoms with Crippen LogP contribution >= 0.6 is 11.6 Å². The Morgan fingerprint density at radius 3 is 2.46 bits per heavy atom. The Kier molecular flexibility index (Phi) is 5.64. The molecule has 0 aliphatic carbocycles. The second-order valence-electron chi connectivity index (χ2n) is 6.39. The fourth-order valence-electron chi connectivity index (χ4n) is 2.28. The highest BCUT2D eigenvalue weighted by Gasteiger charge is 2.26. The van der Waals surface area contributed by atoms with Gasteiger partial charge in [0.15, 0.2) is 5.82 Å². The van der Waals surface area contributed by atoms with Gasteiger partial charge in [-0.15, -0.1) is 0 Å². The van der Waals surface area contributed by atoms with E-state index in [1.807, 2.05) is 13.8 Å². The predicted molar refractivity (Wildman–Crippen MR) is 104 cm³/mol. The molecule has 28 heavy (non-hydrogen) atoms. The first kappa shape index (κ1) is 19.8. The van der Waals surface area contributed by atoms with Gasteiger partial charge in [0.05, 0.1) is 0 Å². The summed E-state index contributed by atoms with van der Waals surface area (Å²) in [6.45, 7) is 4.66. The van der Waals surface area contributed by atoms with Crippen LogP contribution < -0.4 is 10.6 Å². The third-order valence-electron chi connectivity index (χ3n) is 3.46. The molecule has 0 aromatic carbocycles. The predicted octanol–water partition coefficient (Wildman–Crippen LogP) is 4.66. The number of aromatic nitrogens is 5. The Hall–Kier alpha value is -2.94. The van der Waals surface area contributed by atoms with E-state index in [1.165, 1.54) is 12.3 Å². The fraction of sp³-hybridized carbons (Fsp3) is 0.278. The average Bonchev–Trinajstić information content (AvgIpc) is 2.60. The summed E-state index contributed by atoms with van der Waals surface area (Å²) in [5.74, 6) is -2.28. The molecule has 10 heteroatoms. The number of anilines is 3. The van der Waals surface area contributed by atoms with Crippen molar-refractivity contribution in [3.8, 4) is 11.5 Å². The number of alkyl halides is 2. The minimum Gasteiger partial charge on any atom is -0.352 e. The first-order chi connectivity index (χ1) is 13.2. The van der Waals surface area contributed by atoms with Crippen molar-refractivity contribution in [1.82, 2.24) is 24.9 Å². The summed E-state index contributed by atoms with van der Waals surface area (Å²) >= 11 is 5.96. The van der Waals surface area contributed by atoms with E-state index in [2.05, 4.69) is 35.6 Å². The van der Waals surface area contributed by atoms with Crippen molar-refractivity contribution in [3.05, 3.63) is 47.4 Å². The number of nitrogens with zero attached hydrogens (tertiary/aromatic N) is 5. The zero-order valence-electron chi connectivity index (χ0n) is 15.4. The number of halogens is 3. The van der Waals surface area contributed by atoms with Crippen LogP contribution in [0.15, 0.2) is 36.5 Å². The SMILES string of the molecule is CC(C)Nc1nc(Nc2ccnc(C(C)(F)F)c2)nc(-c2cccc(Cl)n2)n1. The minimum absolute atomic E-state index is 0.0710. The van der Waals surface area contributed by atoms with E-state index in [0.29, 0.717) is 28.3 Å². The van der Waals surface area contributed by atoms with Gasteiger partial charge in [0, 0.05) is 24.8 Å². The molecule has 0 spiro atoms. The van der Waals surface area contributed by atoms with Crippen LogP contribution in [0.5, 0.6) is 0 Å². The van der Waals surface area contributed by atoms with Crippen molar-refractivity contribution in [1.29, 1.82) is 0 Å². The normalized spacial score (nSPS) is 11.5. The molecule has 0 atom stereocenters. The maximum Gasteiger partial charge on any atom is 0.287 e. The molecule has 3 rings (SSSR count). The molecular weight excluding hydrogens is 388 g/mol. The molecule has 146 valence electrons. The smallest absolute Gasteiger partial charge is 0.287 e. The Morgan fingerprint density at radius 2 is 1.79 bits per heavy atom. The summed E-state index contributed by atoms with van der Waals surface area (Å²) in [4.78, 5) is 20.9.